The van der Waals surface area contributed by atoms with Gasteiger partial charge in [-0.15, -0.1) is 5.10 Å². The Balaban J connectivity index is 2.08. The molecule has 3 aromatic rings. The Hall–Kier alpha value is -3.76. The van der Waals surface area contributed by atoms with Crippen molar-refractivity contribution in [2.75, 3.05) is 0 Å². The highest BCUT2D eigenvalue weighted by molar-refractivity contribution is 5.96. The molecule has 1 heterocycles. The second kappa shape index (κ2) is 10.5. The van der Waals surface area contributed by atoms with Crippen LogP contribution in [0, 0.1) is 11.6 Å². The highest BCUT2D eigenvalue weighted by Crippen LogP contribution is 2.30. The van der Waals surface area contributed by atoms with E-state index in [1.54, 1.807) is 24.3 Å². The fourth-order valence-electron chi connectivity index (χ4n) is 3.09. The monoisotopic (exact) mass is 442 g/mol. The SMILES string of the molecule is O=C(O)C[C@H](O)C[C@H](O)C=CC(=C(c1ccc(F)cc1)c1ccc(F)cc1)n1cnnn1. The number of carboxylic acid groups (broad SMARTS) is 1. The molecule has 0 amide bonds. The van der Waals surface area contributed by atoms with Gasteiger partial charge in [-0.05, 0) is 51.9 Å². The summed E-state index contributed by atoms with van der Waals surface area (Å²) in [6.07, 6.45) is 1.06. The lowest BCUT2D eigenvalue weighted by Gasteiger charge is -2.15. The van der Waals surface area contributed by atoms with Crippen molar-refractivity contribution in [1.82, 2.24) is 20.2 Å². The number of carbonyl (C=O) groups is 1. The van der Waals surface area contributed by atoms with Gasteiger partial charge in [0.1, 0.15) is 18.0 Å². The van der Waals surface area contributed by atoms with Crippen molar-refractivity contribution in [3.05, 3.63) is 89.8 Å². The number of hydrogen-bond acceptors (Lipinski definition) is 6. The van der Waals surface area contributed by atoms with Crippen LogP contribution in [0.2, 0.25) is 0 Å². The van der Waals surface area contributed by atoms with Gasteiger partial charge in [-0.2, -0.15) is 4.68 Å². The molecule has 0 unspecified atom stereocenters. The van der Waals surface area contributed by atoms with Gasteiger partial charge in [-0.3, -0.25) is 4.79 Å². The fourth-order valence-corrected chi connectivity index (χ4v) is 3.09. The first-order chi connectivity index (χ1) is 15.3. The van der Waals surface area contributed by atoms with Crippen molar-refractivity contribution in [1.29, 1.82) is 0 Å². The topological polar surface area (TPSA) is 121 Å². The predicted molar refractivity (Wildman–Crippen MR) is 111 cm³/mol. The maximum Gasteiger partial charge on any atom is 0.305 e. The molecule has 166 valence electrons. The minimum absolute atomic E-state index is 0.200. The molecule has 0 aliphatic rings. The van der Waals surface area contributed by atoms with Crippen molar-refractivity contribution >= 4 is 17.2 Å². The molecule has 10 heteroatoms. The van der Waals surface area contributed by atoms with Gasteiger partial charge in [-0.1, -0.05) is 30.3 Å². The van der Waals surface area contributed by atoms with Crippen LogP contribution in [0.4, 0.5) is 8.78 Å². The van der Waals surface area contributed by atoms with E-state index in [1.807, 2.05) is 0 Å². The van der Waals surface area contributed by atoms with Crippen molar-refractivity contribution in [3.63, 3.8) is 0 Å². The fraction of sp³-hybridized carbons (Fsp3) is 0.182. The quantitative estimate of drug-likeness (QED) is 0.435. The molecule has 0 saturated carbocycles. The van der Waals surface area contributed by atoms with E-state index in [4.69, 9.17) is 5.11 Å². The molecular formula is C22H20F2N4O4. The van der Waals surface area contributed by atoms with Gasteiger partial charge in [0.05, 0.1) is 24.3 Å². The lowest BCUT2D eigenvalue weighted by molar-refractivity contribution is -0.139. The van der Waals surface area contributed by atoms with Crippen LogP contribution in [0.5, 0.6) is 0 Å². The lowest BCUT2D eigenvalue weighted by Crippen LogP contribution is -2.19. The van der Waals surface area contributed by atoms with E-state index in [2.05, 4.69) is 15.5 Å². The van der Waals surface area contributed by atoms with Gasteiger partial charge in [0.25, 0.3) is 0 Å². The highest BCUT2D eigenvalue weighted by atomic mass is 19.1. The van der Waals surface area contributed by atoms with Crippen molar-refractivity contribution in [2.24, 2.45) is 0 Å². The number of aliphatic hydroxyl groups is 2. The zero-order valence-electron chi connectivity index (χ0n) is 16.7. The van der Waals surface area contributed by atoms with Crippen molar-refractivity contribution in [3.8, 4) is 0 Å². The van der Waals surface area contributed by atoms with Gasteiger partial charge in [0.15, 0.2) is 0 Å². The Morgan fingerprint density at radius 1 is 1.00 bits per heavy atom. The molecule has 0 bridgehead atoms. The molecule has 32 heavy (non-hydrogen) atoms. The summed E-state index contributed by atoms with van der Waals surface area (Å²) in [5.41, 5.74) is 2.05. The lowest BCUT2D eigenvalue weighted by atomic mass is 9.95. The van der Waals surface area contributed by atoms with Gasteiger partial charge in [-0.25, -0.2) is 8.78 Å². The Labute approximate surface area is 181 Å². The maximum atomic E-state index is 13.5. The second-order valence-electron chi connectivity index (χ2n) is 6.94. The van der Waals surface area contributed by atoms with E-state index in [1.165, 1.54) is 47.4 Å². The van der Waals surface area contributed by atoms with Crippen LogP contribution in [0.3, 0.4) is 0 Å². The Bertz CT molecular complexity index is 1050. The van der Waals surface area contributed by atoms with E-state index in [0.717, 1.165) is 0 Å². The van der Waals surface area contributed by atoms with Gasteiger partial charge >= 0.3 is 5.97 Å². The summed E-state index contributed by atoms with van der Waals surface area (Å²) in [6, 6.07) is 11.3. The number of nitrogens with zero attached hydrogens (tertiary/aromatic N) is 4. The summed E-state index contributed by atoms with van der Waals surface area (Å²) in [5, 5.41) is 39.9. The maximum absolute atomic E-state index is 13.5. The zero-order chi connectivity index (χ0) is 23.1. The van der Waals surface area contributed by atoms with E-state index in [9.17, 15) is 23.8 Å². The molecule has 8 nitrogen and oxygen atoms in total. The molecule has 3 N–H and O–H groups in total. The third kappa shape index (κ3) is 6.13. The number of allylic oxidation sites excluding steroid dienone is 2. The summed E-state index contributed by atoms with van der Waals surface area (Å²) in [5.74, 6) is -2.05. The van der Waals surface area contributed by atoms with Crippen molar-refractivity contribution < 1.29 is 28.9 Å². The van der Waals surface area contributed by atoms with E-state index < -0.39 is 36.2 Å². The number of tetrazole rings is 1. The van der Waals surface area contributed by atoms with Crippen LogP contribution in [-0.4, -0.2) is 53.7 Å². The standard InChI is InChI=1S/C22H20F2N4O4/c23-16-5-1-14(2-6-16)22(15-3-7-17(24)8-4-15)20(28-13-25-26-27-28)10-9-18(29)11-19(30)12-21(31)32/h1-10,13,18-19,29-30H,11-12H2,(H,31,32)/t18-,19-/m1/s1. The number of aromatic nitrogens is 4. The van der Waals surface area contributed by atoms with Gasteiger partial charge < -0.3 is 15.3 Å². The molecule has 0 aliphatic carbocycles. The minimum Gasteiger partial charge on any atom is -0.481 e. The average Bonchev–Trinajstić information content (AvgIpc) is 3.27. The van der Waals surface area contributed by atoms with Crippen LogP contribution in [0.15, 0.2) is 67.0 Å². The number of carboxylic acids is 1. The molecule has 2 aromatic carbocycles. The third-order valence-corrected chi connectivity index (χ3v) is 4.52. The summed E-state index contributed by atoms with van der Waals surface area (Å²) >= 11 is 0. The normalized spacial score (nSPS) is 13.1. The Kier molecular flexibility index (Phi) is 7.53. The molecule has 1 aromatic heterocycles. The molecular weight excluding hydrogens is 422 g/mol. The first-order valence-electron chi connectivity index (χ1n) is 9.59. The zero-order valence-corrected chi connectivity index (χ0v) is 16.7. The number of aliphatic carboxylic acids is 1. The molecule has 0 fully saturated rings. The molecule has 2 atom stereocenters. The molecule has 0 spiro atoms. The molecule has 0 saturated heterocycles. The summed E-state index contributed by atoms with van der Waals surface area (Å²) in [7, 11) is 0. The van der Waals surface area contributed by atoms with Crippen LogP contribution in [0.25, 0.3) is 11.3 Å². The van der Waals surface area contributed by atoms with Gasteiger partial charge in [0, 0.05) is 12.0 Å². The Morgan fingerprint density at radius 3 is 2.03 bits per heavy atom. The number of rotatable bonds is 9. The molecule has 0 radical (unpaired) electrons. The van der Waals surface area contributed by atoms with Crippen LogP contribution >= 0.6 is 0 Å². The minimum atomic E-state index is -1.23. The second-order valence-corrected chi connectivity index (χ2v) is 6.94. The van der Waals surface area contributed by atoms with E-state index in [0.29, 0.717) is 22.4 Å². The number of hydrogen-bond donors (Lipinski definition) is 3. The van der Waals surface area contributed by atoms with E-state index in [-0.39, 0.29) is 6.42 Å². The first-order valence-corrected chi connectivity index (χ1v) is 9.59. The van der Waals surface area contributed by atoms with Crippen molar-refractivity contribution in [2.45, 2.75) is 25.0 Å². The number of benzene rings is 2. The Morgan fingerprint density at radius 2 is 1.56 bits per heavy atom. The van der Waals surface area contributed by atoms with Crippen LogP contribution < -0.4 is 0 Å². The number of halogens is 2. The first kappa shape index (κ1) is 22.9. The summed E-state index contributed by atoms with van der Waals surface area (Å²) < 4.78 is 28.4. The largest absolute Gasteiger partial charge is 0.481 e. The summed E-state index contributed by atoms with van der Waals surface area (Å²) in [6.45, 7) is 0. The van der Waals surface area contributed by atoms with E-state index >= 15 is 0 Å². The number of aliphatic hydroxyl groups excluding tert-OH is 2. The predicted octanol–water partition coefficient (Wildman–Crippen LogP) is 2.51. The van der Waals surface area contributed by atoms with Crippen LogP contribution in [-0.2, 0) is 4.79 Å². The summed E-state index contributed by atoms with van der Waals surface area (Å²) in [4.78, 5) is 10.7. The third-order valence-electron chi connectivity index (χ3n) is 4.52. The van der Waals surface area contributed by atoms with Crippen LogP contribution in [0.1, 0.15) is 24.0 Å². The van der Waals surface area contributed by atoms with Gasteiger partial charge in [0.2, 0.25) is 0 Å². The molecule has 0 aliphatic heterocycles. The molecule has 3 rings (SSSR count). The smallest absolute Gasteiger partial charge is 0.305 e. The average molecular weight is 442 g/mol. The highest BCUT2D eigenvalue weighted by Gasteiger charge is 2.16.